The standard InChI is InChI=1S/C16H22ClNO/c1-3-7-16(8-4-9-18-11-16)15(19)13-5-6-14(17)12(2)10-13/h5-6,10,18H,3-4,7-9,11H2,1-2H3. The molecule has 0 saturated carbocycles. The van der Waals surface area contributed by atoms with Crippen LogP contribution in [0.2, 0.25) is 5.02 Å². The van der Waals surface area contributed by atoms with Crippen molar-refractivity contribution in [3.63, 3.8) is 0 Å². The molecule has 1 N–H and O–H groups in total. The van der Waals surface area contributed by atoms with Gasteiger partial charge in [-0.15, -0.1) is 0 Å². The minimum absolute atomic E-state index is 0.215. The summed E-state index contributed by atoms with van der Waals surface area (Å²) in [6.45, 7) is 5.93. The zero-order chi connectivity index (χ0) is 13.9. The van der Waals surface area contributed by atoms with Crippen molar-refractivity contribution >= 4 is 17.4 Å². The fraction of sp³-hybridized carbons (Fsp3) is 0.562. The minimum Gasteiger partial charge on any atom is -0.316 e. The van der Waals surface area contributed by atoms with E-state index in [-0.39, 0.29) is 11.2 Å². The highest BCUT2D eigenvalue weighted by Gasteiger charge is 2.38. The Kier molecular flexibility index (Phi) is 4.64. The highest BCUT2D eigenvalue weighted by atomic mass is 35.5. The van der Waals surface area contributed by atoms with E-state index >= 15 is 0 Å². The molecule has 1 aliphatic heterocycles. The highest BCUT2D eigenvalue weighted by molar-refractivity contribution is 6.31. The molecule has 0 aliphatic carbocycles. The normalized spacial score (nSPS) is 23.3. The third kappa shape index (κ3) is 3.01. The number of nitrogens with one attached hydrogen (secondary N) is 1. The van der Waals surface area contributed by atoms with Crippen LogP contribution in [0.1, 0.15) is 48.5 Å². The van der Waals surface area contributed by atoms with Gasteiger partial charge in [-0.05, 0) is 56.5 Å². The van der Waals surface area contributed by atoms with Gasteiger partial charge in [0.1, 0.15) is 0 Å². The molecule has 0 spiro atoms. The van der Waals surface area contributed by atoms with E-state index in [0.717, 1.165) is 54.9 Å². The number of hydrogen-bond donors (Lipinski definition) is 1. The first-order chi connectivity index (χ1) is 9.09. The van der Waals surface area contributed by atoms with Crippen molar-refractivity contribution in [1.29, 1.82) is 0 Å². The zero-order valence-electron chi connectivity index (χ0n) is 11.8. The van der Waals surface area contributed by atoms with Crippen molar-refractivity contribution in [2.24, 2.45) is 5.41 Å². The number of Topliss-reactive ketones (excluding diaryl/α,β-unsaturated/α-hetero) is 1. The van der Waals surface area contributed by atoms with Crippen LogP contribution >= 0.6 is 11.6 Å². The van der Waals surface area contributed by atoms with Gasteiger partial charge in [-0.3, -0.25) is 4.79 Å². The average Bonchev–Trinajstić information content (AvgIpc) is 2.42. The van der Waals surface area contributed by atoms with Crippen LogP contribution in [0, 0.1) is 12.3 Å². The molecule has 104 valence electrons. The van der Waals surface area contributed by atoms with Gasteiger partial charge in [0.25, 0.3) is 0 Å². The summed E-state index contributed by atoms with van der Waals surface area (Å²) < 4.78 is 0. The molecular formula is C16H22ClNO. The van der Waals surface area contributed by atoms with Gasteiger partial charge in [0, 0.05) is 22.5 Å². The lowest BCUT2D eigenvalue weighted by Crippen LogP contribution is -2.45. The van der Waals surface area contributed by atoms with Crippen molar-refractivity contribution in [1.82, 2.24) is 5.32 Å². The molecule has 1 atom stereocenters. The van der Waals surface area contributed by atoms with Crippen molar-refractivity contribution in [2.75, 3.05) is 13.1 Å². The van der Waals surface area contributed by atoms with Gasteiger partial charge in [-0.1, -0.05) is 24.9 Å². The molecule has 1 fully saturated rings. The van der Waals surface area contributed by atoms with Crippen LogP contribution in [0.15, 0.2) is 18.2 Å². The second-order valence-corrected chi connectivity index (χ2v) is 6.01. The summed E-state index contributed by atoms with van der Waals surface area (Å²) in [6, 6.07) is 5.63. The SMILES string of the molecule is CCCC1(C(=O)c2ccc(Cl)c(C)c2)CCCNC1. The second kappa shape index (κ2) is 6.06. The van der Waals surface area contributed by atoms with Gasteiger partial charge >= 0.3 is 0 Å². The number of aryl methyl sites for hydroxylation is 1. The van der Waals surface area contributed by atoms with Crippen LogP contribution in [-0.4, -0.2) is 18.9 Å². The highest BCUT2D eigenvalue weighted by Crippen LogP contribution is 2.35. The van der Waals surface area contributed by atoms with E-state index < -0.39 is 0 Å². The van der Waals surface area contributed by atoms with Crippen LogP contribution in [0.4, 0.5) is 0 Å². The maximum Gasteiger partial charge on any atom is 0.170 e. The van der Waals surface area contributed by atoms with Crippen molar-refractivity contribution < 1.29 is 4.79 Å². The molecule has 1 saturated heterocycles. The predicted molar refractivity (Wildman–Crippen MR) is 80.0 cm³/mol. The molecule has 1 heterocycles. The summed E-state index contributed by atoms with van der Waals surface area (Å²) in [5, 5.41) is 4.12. The van der Waals surface area contributed by atoms with Gasteiger partial charge < -0.3 is 5.32 Å². The lowest BCUT2D eigenvalue weighted by molar-refractivity contribution is 0.0718. The maximum absolute atomic E-state index is 12.9. The average molecular weight is 280 g/mol. The fourth-order valence-electron chi connectivity index (χ4n) is 3.06. The lowest BCUT2D eigenvalue weighted by atomic mass is 9.71. The Morgan fingerprint density at radius 3 is 2.84 bits per heavy atom. The summed E-state index contributed by atoms with van der Waals surface area (Å²) in [5.41, 5.74) is 1.56. The molecule has 0 bridgehead atoms. The largest absolute Gasteiger partial charge is 0.316 e. The maximum atomic E-state index is 12.9. The third-order valence-corrected chi connectivity index (χ3v) is 4.53. The molecule has 2 rings (SSSR count). The van der Waals surface area contributed by atoms with Crippen LogP contribution in [-0.2, 0) is 0 Å². The van der Waals surface area contributed by atoms with E-state index in [2.05, 4.69) is 12.2 Å². The number of rotatable bonds is 4. The number of ketones is 1. The molecule has 1 aromatic rings. The molecule has 3 heteroatoms. The Morgan fingerprint density at radius 2 is 2.26 bits per heavy atom. The van der Waals surface area contributed by atoms with Crippen LogP contribution in [0.5, 0.6) is 0 Å². The van der Waals surface area contributed by atoms with E-state index in [1.807, 2.05) is 25.1 Å². The smallest absolute Gasteiger partial charge is 0.170 e. The molecular weight excluding hydrogens is 258 g/mol. The first-order valence-electron chi connectivity index (χ1n) is 7.11. The Labute approximate surface area is 120 Å². The summed E-state index contributed by atoms with van der Waals surface area (Å²) in [4.78, 5) is 12.9. The van der Waals surface area contributed by atoms with Crippen molar-refractivity contribution in [3.8, 4) is 0 Å². The van der Waals surface area contributed by atoms with Crippen molar-refractivity contribution in [3.05, 3.63) is 34.3 Å². The molecule has 0 aromatic heterocycles. The van der Waals surface area contributed by atoms with Crippen LogP contribution < -0.4 is 5.32 Å². The number of piperidine rings is 1. The Morgan fingerprint density at radius 1 is 1.47 bits per heavy atom. The van der Waals surface area contributed by atoms with Crippen LogP contribution in [0.3, 0.4) is 0 Å². The summed E-state index contributed by atoms with van der Waals surface area (Å²) in [7, 11) is 0. The number of halogens is 1. The summed E-state index contributed by atoms with van der Waals surface area (Å²) in [5.74, 6) is 0.279. The van der Waals surface area contributed by atoms with Gasteiger partial charge in [-0.25, -0.2) is 0 Å². The number of hydrogen-bond acceptors (Lipinski definition) is 2. The Balaban J connectivity index is 2.30. The van der Waals surface area contributed by atoms with E-state index in [9.17, 15) is 4.79 Å². The number of carbonyl (C=O) groups is 1. The molecule has 2 nitrogen and oxygen atoms in total. The first kappa shape index (κ1) is 14.5. The molecule has 0 radical (unpaired) electrons. The first-order valence-corrected chi connectivity index (χ1v) is 7.48. The van der Waals surface area contributed by atoms with Gasteiger partial charge in [-0.2, -0.15) is 0 Å². The van der Waals surface area contributed by atoms with E-state index in [1.54, 1.807) is 0 Å². The van der Waals surface area contributed by atoms with E-state index in [0.29, 0.717) is 0 Å². The Bertz CT molecular complexity index is 458. The van der Waals surface area contributed by atoms with Crippen molar-refractivity contribution in [2.45, 2.75) is 39.5 Å². The molecule has 0 amide bonds. The monoisotopic (exact) mass is 279 g/mol. The third-order valence-electron chi connectivity index (χ3n) is 4.10. The topological polar surface area (TPSA) is 29.1 Å². The molecule has 1 unspecified atom stereocenters. The quantitative estimate of drug-likeness (QED) is 0.844. The minimum atomic E-state index is -0.215. The number of benzene rings is 1. The van der Waals surface area contributed by atoms with Gasteiger partial charge in [0.05, 0.1) is 0 Å². The van der Waals surface area contributed by atoms with Crippen LogP contribution in [0.25, 0.3) is 0 Å². The Hall–Kier alpha value is -0.860. The lowest BCUT2D eigenvalue weighted by Gasteiger charge is -2.36. The number of carbonyl (C=O) groups excluding carboxylic acids is 1. The van der Waals surface area contributed by atoms with E-state index in [4.69, 9.17) is 11.6 Å². The molecule has 1 aromatic carbocycles. The summed E-state index contributed by atoms with van der Waals surface area (Å²) >= 11 is 6.04. The zero-order valence-corrected chi connectivity index (χ0v) is 12.5. The summed E-state index contributed by atoms with van der Waals surface area (Å²) in [6.07, 6.45) is 4.08. The second-order valence-electron chi connectivity index (χ2n) is 5.60. The predicted octanol–water partition coefficient (Wildman–Crippen LogP) is 4.00. The fourth-order valence-corrected chi connectivity index (χ4v) is 3.18. The van der Waals surface area contributed by atoms with Gasteiger partial charge in [0.2, 0.25) is 0 Å². The molecule has 1 aliphatic rings. The molecule has 19 heavy (non-hydrogen) atoms. The van der Waals surface area contributed by atoms with Gasteiger partial charge in [0.15, 0.2) is 5.78 Å². The van der Waals surface area contributed by atoms with E-state index in [1.165, 1.54) is 0 Å².